The van der Waals surface area contributed by atoms with Gasteiger partial charge in [0.1, 0.15) is 0 Å². The molecule has 0 N–H and O–H groups in total. The molecule has 2 aliphatic heterocycles. The number of ether oxygens (including phenoxy) is 1. The molecule has 24 heavy (non-hydrogen) atoms. The molecule has 1 atom stereocenters. The lowest BCUT2D eigenvalue weighted by molar-refractivity contribution is 0.0330. The minimum atomic E-state index is -3.20. The van der Waals surface area contributed by atoms with Crippen molar-refractivity contribution >= 4 is 27.3 Å². The van der Waals surface area contributed by atoms with Crippen LogP contribution < -0.4 is 0 Å². The molecule has 1 aromatic rings. The van der Waals surface area contributed by atoms with Crippen LogP contribution >= 0.6 is 11.3 Å². The van der Waals surface area contributed by atoms with Crippen molar-refractivity contribution < 1.29 is 17.9 Å². The summed E-state index contributed by atoms with van der Waals surface area (Å²) in [4.78, 5) is 15.2. The highest BCUT2D eigenvalue weighted by molar-refractivity contribution is 7.88. The van der Waals surface area contributed by atoms with Gasteiger partial charge in [0.2, 0.25) is 10.0 Å². The Bertz CT molecular complexity index is 679. The van der Waals surface area contributed by atoms with E-state index in [0.29, 0.717) is 32.8 Å². The first kappa shape index (κ1) is 17.8. The van der Waals surface area contributed by atoms with Gasteiger partial charge >= 0.3 is 0 Å². The van der Waals surface area contributed by atoms with Gasteiger partial charge < -0.3 is 9.64 Å². The molecular formula is C16H24N2O4S2. The smallest absolute Gasteiger partial charge is 0.263 e. The van der Waals surface area contributed by atoms with Crippen LogP contribution in [0.1, 0.15) is 22.5 Å². The van der Waals surface area contributed by atoms with E-state index >= 15 is 0 Å². The summed E-state index contributed by atoms with van der Waals surface area (Å²) in [5, 5.41) is 1.91. The van der Waals surface area contributed by atoms with Crippen molar-refractivity contribution in [3.05, 3.63) is 22.4 Å². The predicted molar refractivity (Wildman–Crippen MR) is 93.7 cm³/mol. The average molecular weight is 373 g/mol. The van der Waals surface area contributed by atoms with Crippen molar-refractivity contribution in [2.45, 2.75) is 12.8 Å². The number of nitrogens with zero attached hydrogens (tertiary/aromatic N) is 2. The molecule has 1 spiro atoms. The normalized spacial score (nSPS) is 24.6. The van der Waals surface area contributed by atoms with E-state index in [1.807, 2.05) is 22.4 Å². The largest absolute Gasteiger partial charge is 0.384 e. The molecule has 0 aromatic carbocycles. The molecule has 0 unspecified atom stereocenters. The number of sulfonamides is 1. The zero-order valence-corrected chi connectivity index (χ0v) is 15.7. The monoisotopic (exact) mass is 372 g/mol. The zero-order chi connectivity index (χ0) is 17.4. The molecule has 3 rings (SSSR count). The van der Waals surface area contributed by atoms with Gasteiger partial charge in [-0.3, -0.25) is 4.79 Å². The summed E-state index contributed by atoms with van der Waals surface area (Å²) < 4.78 is 30.8. The van der Waals surface area contributed by atoms with Gasteiger partial charge in [-0.1, -0.05) is 6.07 Å². The Labute approximate surface area is 147 Å². The average Bonchev–Trinajstić information content (AvgIpc) is 3.17. The Morgan fingerprint density at radius 2 is 2.12 bits per heavy atom. The van der Waals surface area contributed by atoms with Gasteiger partial charge in [-0.05, 0) is 29.7 Å². The molecular weight excluding hydrogens is 348 g/mol. The van der Waals surface area contributed by atoms with Gasteiger partial charge in [0.05, 0.1) is 17.7 Å². The maximum absolute atomic E-state index is 12.5. The summed E-state index contributed by atoms with van der Waals surface area (Å²) in [6.07, 6.45) is 2.92. The number of thiophene rings is 1. The van der Waals surface area contributed by atoms with Gasteiger partial charge in [0, 0.05) is 39.2 Å². The number of piperidine rings is 1. The number of likely N-dealkylation sites (tertiary alicyclic amines) is 1. The highest BCUT2D eigenvalue weighted by Gasteiger charge is 2.50. The maximum atomic E-state index is 12.5. The molecule has 0 bridgehead atoms. The van der Waals surface area contributed by atoms with Crippen molar-refractivity contribution in [3.8, 4) is 0 Å². The van der Waals surface area contributed by atoms with Gasteiger partial charge in [-0.25, -0.2) is 12.7 Å². The Morgan fingerprint density at radius 1 is 1.42 bits per heavy atom. The number of amides is 1. The van der Waals surface area contributed by atoms with Crippen LogP contribution in [-0.4, -0.2) is 69.7 Å². The Kier molecular flexibility index (Phi) is 5.01. The Hall–Kier alpha value is -0.960. The predicted octanol–water partition coefficient (Wildman–Crippen LogP) is 1.51. The van der Waals surface area contributed by atoms with E-state index in [9.17, 15) is 13.2 Å². The Morgan fingerprint density at radius 3 is 2.67 bits per heavy atom. The second-order valence-electron chi connectivity index (χ2n) is 6.84. The van der Waals surface area contributed by atoms with Crippen LogP contribution in [-0.2, 0) is 14.8 Å². The number of carbonyl (C=O) groups is 1. The number of hydrogen-bond donors (Lipinski definition) is 0. The molecule has 1 amide bonds. The standard InChI is InChI=1S/C16H24N2O4S2/c1-22-11-13-10-18(24(2,20)21)12-16(13)5-7-17(8-6-16)15(19)14-4-3-9-23-14/h3-4,9,13H,5-8,10-12H2,1-2H3/t13-/m0/s1. The molecule has 134 valence electrons. The number of rotatable bonds is 4. The first-order valence-corrected chi connectivity index (χ1v) is 10.9. The van der Waals surface area contributed by atoms with E-state index in [0.717, 1.165) is 17.7 Å². The van der Waals surface area contributed by atoms with Crippen LogP contribution in [0, 0.1) is 11.3 Å². The number of methoxy groups -OCH3 is 1. The molecule has 8 heteroatoms. The summed E-state index contributed by atoms with van der Waals surface area (Å²) in [6.45, 7) is 2.97. The van der Waals surface area contributed by atoms with Crippen LogP contribution in [0.15, 0.2) is 17.5 Å². The van der Waals surface area contributed by atoms with E-state index in [1.54, 1.807) is 11.4 Å². The molecule has 2 saturated heterocycles. The fourth-order valence-electron chi connectivity index (χ4n) is 3.95. The summed E-state index contributed by atoms with van der Waals surface area (Å²) in [6, 6.07) is 3.74. The molecule has 1 aromatic heterocycles. The van der Waals surface area contributed by atoms with E-state index in [2.05, 4.69) is 0 Å². The fraction of sp³-hybridized carbons (Fsp3) is 0.688. The highest BCUT2D eigenvalue weighted by atomic mass is 32.2. The second-order valence-corrected chi connectivity index (χ2v) is 9.77. The van der Waals surface area contributed by atoms with Gasteiger partial charge in [-0.2, -0.15) is 0 Å². The van der Waals surface area contributed by atoms with E-state index in [-0.39, 0.29) is 17.2 Å². The van der Waals surface area contributed by atoms with E-state index < -0.39 is 10.0 Å². The van der Waals surface area contributed by atoms with Gasteiger partial charge in [0.15, 0.2) is 0 Å². The van der Waals surface area contributed by atoms with Crippen molar-refractivity contribution in [3.63, 3.8) is 0 Å². The highest BCUT2D eigenvalue weighted by Crippen LogP contribution is 2.45. The van der Waals surface area contributed by atoms with Gasteiger partial charge in [-0.15, -0.1) is 11.3 Å². The maximum Gasteiger partial charge on any atom is 0.263 e. The minimum absolute atomic E-state index is 0.0781. The van der Waals surface area contributed by atoms with Crippen molar-refractivity contribution in [1.29, 1.82) is 0 Å². The first-order valence-electron chi connectivity index (χ1n) is 8.12. The Balaban J connectivity index is 1.71. The number of hydrogen-bond acceptors (Lipinski definition) is 5. The van der Waals surface area contributed by atoms with E-state index in [1.165, 1.54) is 17.6 Å². The lowest BCUT2D eigenvalue weighted by Crippen LogP contribution is -2.47. The second kappa shape index (κ2) is 6.74. The van der Waals surface area contributed by atoms with Crippen molar-refractivity contribution in [2.24, 2.45) is 11.3 Å². The molecule has 2 aliphatic rings. The number of carbonyl (C=O) groups excluding carboxylic acids is 1. The van der Waals surface area contributed by atoms with Crippen molar-refractivity contribution in [1.82, 2.24) is 9.21 Å². The van der Waals surface area contributed by atoms with Crippen LogP contribution in [0.25, 0.3) is 0 Å². The van der Waals surface area contributed by atoms with E-state index in [4.69, 9.17) is 4.74 Å². The quantitative estimate of drug-likeness (QED) is 0.803. The fourth-order valence-corrected chi connectivity index (χ4v) is 5.58. The SMILES string of the molecule is COC[C@@H]1CN(S(C)(=O)=O)CC12CCN(C(=O)c1cccs1)CC2. The van der Waals surface area contributed by atoms with Crippen LogP contribution in [0.3, 0.4) is 0 Å². The third-order valence-corrected chi connectivity index (χ3v) is 7.47. The topological polar surface area (TPSA) is 66.9 Å². The van der Waals surface area contributed by atoms with Crippen LogP contribution in [0.5, 0.6) is 0 Å². The zero-order valence-electron chi connectivity index (χ0n) is 14.1. The molecule has 0 radical (unpaired) electrons. The molecule has 2 fully saturated rings. The molecule has 3 heterocycles. The summed E-state index contributed by atoms with van der Waals surface area (Å²) in [5.74, 6) is 0.275. The van der Waals surface area contributed by atoms with Crippen LogP contribution in [0.2, 0.25) is 0 Å². The third-order valence-electron chi connectivity index (χ3n) is 5.40. The summed E-state index contributed by atoms with van der Waals surface area (Å²) >= 11 is 1.46. The summed E-state index contributed by atoms with van der Waals surface area (Å²) in [7, 11) is -1.54. The van der Waals surface area contributed by atoms with Gasteiger partial charge in [0.25, 0.3) is 5.91 Å². The van der Waals surface area contributed by atoms with Crippen LogP contribution in [0.4, 0.5) is 0 Å². The molecule has 0 aliphatic carbocycles. The molecule has 6 nitrogen and oxygen atoms in total. The third kappa shape index (κ3) is 3.37. The lowest BCUT2D eigenvalue weighted by Gasteiger charge is -2.42. The first-order chi connectivity index (χ1) is 11.4. The summed E-state index contributed by atoms with van der Waals surface area (Å²) in [5.41, 5.74) is -0.0781. The van der Waals surface area contributed by atoms with Crippen molar-refractivity contribution in [2.75, 3.05) is 46.2 Å². The molecule has 0 saturated carbocycles. The lowest BCUT2D eigenvalue weighted by atomic mass is 9.71. The minimum Gasteiger partial charge on any atom is -0.384 e.